The number of aliphatic hydroxyl groups excluding tert-OH is 3. The van der Waals surface area contributed by atoms with E-state index in [4.69, 9.17) is 4.74 Å². The number of allylic oxidation sites excluding steroid dienone is 11. The van der Waals surface area contributed by atoms with E-state index >= 15 is 0 Å². The van der Waals surface area contributed by atoms with E-state index in [0.29, 0.717) is 37.0 Å². The van der Waals surface area contributed by atoms with Gasteiger partial charge in [0.15, 0.2) is 0 Å². The summed E-state index contributed by atoms with van der Waals surface area (Å²) in [5.74, 6) is 1.06. The number of ether oxygens (including phenoxy) is 1. The summed E-state index contributed by atoms with van der Waals surface area (Å²) in [6, 6.07) is 28.2. The van der Waals surface area contributed by atoms with Crippen molar-refractivity contribution in [1.82, 2.24) is 10.6 Å². The van der Waals surface area contributed by atoms with Crippen LogP contribution in [-0.2, 0) is 28.8 Å². The van der Waals surface area contributed by atoms with Crippen molar-refractivity contribution < 1.29 is 30.0 Å². The molecule has 3 spiro atoms. The number of rotatable bonds is 9. The van der Waals surface area contributed by atoms with Crippen molar-refractivity contribution in [3.63, 3.8) is 0 Å². The highest BCUT2D eigenvalue weighted by Gasteiger charge is 2.82. The Balaban J connectivity index is 0.926. The van der Waals surface area contributed by atoms with Gasteiger partial charge in [-0.1, -0.05) is 167 Å². The Kier molecular flexibility index (Phi) is 15.7. The molecule has 14 atom stereocenters. The highest BCUT2D eigenvalue weighted by atomic mass is 16.5. The van der Waals surface area contributed by atoms with Gasteiger partial charge < -0.3 is 35.8 Å². The largest absolute Gasteiger partial charge is 0.516 e. The molecule has 17 aliphatic rings. The van der Waals surface area contributed by atoms with Crippen molar-refractivity contribution in [2.24, 2.45) is 91.7 Å². The van der Waals surface area contributed by atoms with Crippen LogP contribution in [0.15, 0.2) is 149 Å². The summed E-state index contributed by atoms with van der Waals surface area (Å²) in [7, 11) is 1.78. The average Bonchev–Trinajstić information content (AvgIpc) is 1.62. The average molecular weight is 1250 g/mol. The number of methoxy groups -OCH3 is 1. The lowest BCUT2D eigenvalue weighted by Gasteiger charge is -2.79. The van der Waals surface area contributed by atoms with E-state index in [0.717, 1.165) is 147 Å². The number of benzene rings is 3. The van der Waals surface area contributed by atoms with Crippen LogP contribution in [0, 0.1) is 91.7 Å². The molecule has 93 heavy (non-hydrogen) atoms. The first kappa shape index (κ1) is 62.2. The fourth-order valence-corrected chi connectivity index (χ4v) is 25.6. The highest BCUT2D eigenvalue weighted by Crippen LogP contribution is 2.88. The first-order valence-electron chi connectivity index (χ1n) is 37.2. The van der Waals surface area contributed by atoms with Crippen LogP contribution in [0.1, 0.15) is 185 Å². The molecule has 6 aliphatic heterocycles. The summed E-state index contributed by atoms with van der Waals surface area (Å²) in [5, 5.41) is 61.4. The molecule has 3 aromatic carbocycles. The molecule has 6 N–H and O–H groups in total. The second-order valence-electron chi connectivity index (χ2n) is 33.5. The molecule has 0 radical (unpaired) electrons. The topological polar surface area (TPSA) is 131 Å². The first-order chi connectivity index (χ1) is 45.1. The van der Waals surface area contributed by atoms with Crippen LogP contribution in [0.3, 0.4) is 0 Å². The standard InChI is InChI=1S/C85H106N2O6/c1-52(2)41-62-32-35-80(3)74(90)46-63-26-28-67-65-17-9-10-18-66(65)69-44-56-13-11-16-58(43-56)59-25-29-75(87-50-59)86-39-12-19-64(57-14-7-6-8-15-57)60(51-88)24-27-68(78(91)92)77-73(89)49-84-72-48-83(62)47-70(69)76(67)85(63,79(80)83)71(72)45-61(81(77,84)4)33-38-82(84)36-30-55(31-37-82)42-54-22-20-53(21-23-54)34-40-93-5/h9-11,13,16-18,20-23,25-26,28-29,32,43,47,51-52,55,57,61,63-64,68,73-74,76-77,79,86-90H,6-8,12,14-15,19,24,27,30-31,33-42,44-46,48-50H2,1-5H3,(H,91,92). The zero-order chi connectivity index (χ0) is 63.8. The first-order valence-corrected chi connectivity index (χ1v) is 37.2. The van der Waals surface area contributed by atoms with E-state index < -0.39 is 51.7 Å². The van der Waals surface area contributed by atoms with E-state index in [1.807, 2.05) is 0 Å². The molecule has 0 saturated heterocycles. The predicted octanol–water partition coefficient (Wildman–Crippen LogP) is 15.5. The summed E-state index contributed by atoms with van der Waals surface area (Å²) < 4.78 is 5.46. The molecular weight excluding hydrogens is 1140 g/mol. The third-order valence-corrected chi connectivity index (χ3v) is 29.2. The van der Waals surface area contributed by atoms with Crippen molar-refractivity contribution in [1.29, 1.82) is 0 Å². The molecule has 11 aliphatic carbocycles. The molecule has 0 aromatic heterocycles. The number of carboxylic acid groups (broad SMARTS) is 1. The summed E-state index contributed by atoms with van der Waals surface area (Å²) in [5.41, 5.74) is 14.6. The van der Waals surface area contributed by atoms with Crippen LogP contribution in [0.4, 0.5) is 0 Å². The Labute approximate surface area is 554 Å². The Morgan fingerprint density at radius 2 is 1.63 bits per heavy atom. The number of hydrogen-bond donors (Lipinski definition) is 6. The number of carbonyl (C=O) groups is 1. The van der Waals surface area contributed by atoms with E-state index in [-0.39, 0.29) is 40.4 Å². The van der Waals surface area contributed by atoms with Crippen LogP contribution in [0.25, 0.3) is 16.7 Å². The number of carboxylic acids is 1. The zero-order valence-electron chi connectivity index (χ0n) is 56.6. The number of dihydropyridines is 1. The van der Waals surface area contributed by atoms with E-state index in [1.54, 1.807) is 23.8 Å². The number of hydrogen-bond acceptors (Lipinski definition) is 7. The quantitative estimate of drug-likeness (QED) is 0.0923. The van der Waals surface area contributed by atoms with Crippen LogP contribution >= 0.6 is 0 Å². The van der Waals surface area contributed by atoms with Gasteiger partial charge in [-0.3, -0.25) is 4.79 Å². The van der Waals surface area contributed by atoms with Crippen molar-refractivity contribution in [2.45, 2.75) is 194 Å². The predicted molar refractivity (Wildman–Crippen MR) is 372 cm³/mol. The van der Waals surface area contributed by atoms with Gasteiger partial charge in [0.1, 0.15) is 0 Å². The maximum absolute atomic E-state index is 15.0. The minimum absolute atomic E-state index is 0.0675. The van der Waals surface area contributed by atoms with E-state index in [2.05, 4.69) is 148 Å². The third kappa shape index (κ3) is 9.27. The zero-order valence-corrected chi connectivity index (χ0v) is 56.6. The highest BCUT2D eigenvalue weighted by molar-refractivity contribution is 5.84. The summed E-state index contributed by atoms with van der Waals surface area (Å²) in [4.78, 5) is 15.0. The van der Waals surface area contributed by atoms with Gasteiger partial charge in [-0.2, -0.15) is 0 Å². The number of aliphatic hydroxyl groups is 3. The normalized spacial score (nSPS) is 39.5. The molecular formula is C85H106N2O6. The molecule has 15 bridgehead atoms. The molecule has 8 heteroatoms. The van der Waals surface area contributed by atoms with Crippen LogP contribution in [0.2, 0.25) is 0 Å². The van der Waals surface area contributed by atoms with Crippen molar-refractivity contribution >= 4 is 22.7 Å². The Morgan fingerprint density at radius 3 is 2.39 bits per heavy atom. The maximum Gasteiger partial charge on any atom is 0.306 e. The van der Waals surface area contributed by atoms with E-state index in [9.17, 15) is 25.2 Å². The molecule has 8 nitrogen and oxygen atoms in total. The third-order valence-electron chi connectivity index (χ3n) is 29.2. The number of nitrogens with one attached hydrogen (secondary N) is 2. The second-order valence-corrected chi connectivity index (χ2v) is 33.5. The fraction of sp³-hybridized carbons (Fsp3) is 0.588. The molecule has 20 rings (SSSR count). The van der Waals surface area contributed by atoms with Gasteiger partial charge in [0.25, 0.3) is 0 Å². The van der Waals surface area contributed by atoms with Gasteiger partial charge in [0.2, 0.25) is 0 Å². The minimum atomic E-state index is -0.801. The Bertz CT molecular complexity index is 3820. The smallest absolute Gasteiger partial charge is 0.306 e. The summed E-state index contributed by atoms with van der Waals surface area (Å²) in [6.07, 6.45) is 38.4. The van der Waals surface area contributed by atoms with Gasteiger partial charge in [-0.25, -0.2) is 0 Å². The SMILES string of the molecule is COCCc1ccc(CC2CCC3(CC2)CCC2CC4=C5CC67C=C8C(=c9ccccc9=C9C=CC%10CC(O)C(C)(CC=C6CC(C)C)C7C4%10C89)Cc4cccc(c4)C4=CC=C(NCCCC(C6CCCCC6)C(=CO)CCC(C(=O)O)C6C(O)CC53C26C)NC4)cc1. The number of aliphatic carboxylic acids is 1. The second kappa shape index (κ2) is 23.6. The number of fused-ring (bicyclic) bond motifs is 1. The molecule has 14 unspecified atom stereocenters. The van der Waals surface area contributed by atoms with Gasteiger partial charge in [0, 0.05) is 53.7 Å². The van der Waals surface area contributed by atoms with Gasteiger partial charge >= 0.3 is 5.97 Å². The lowest BCUT2D eigenvalue weighted by atomic mass is 9.25. The Hall–Kier alpha value is -5.67. The van der Waals surface area contributed by atoms with Crippen LogP contribution in [0.5, 0.6) is 0 Å². The van der Waals surface area contributed by atoms with Gasteiger partial charge in [-0.05, 0) is 254 Å². The molecule has 5 fully saturated rings. The monoisotopic (exact) mass is 1250 g/mol. The maximum atomic E-state index is 15.0. The van der Waals surface area contributed by atoms with Crippen molar-refractivity contribution in [2.75, 3.05) is 26.8 Å². The van der Waals surface area contributed by atoms with Gasteiger partial charge in [-0.15, -0.1) is 0 Å². The Morgan fingerprint density at radius 1 is 0.849 bits per heavy atom. The molecule has 3 aromatic rings. The lowest BCUT2D eigenvalue weighted by molar-refractivity contribution is -0.209. The lowest BCUT2D eigenvalue weighted by Crippen LogP contribution is -2.73. The summed E-state index contributed by atoms with van der Waals surface area (Å²) >= 11 is 0. The molecule has 5 saturated carbocycles. The minimum Gasteiger partial charge on any atom is -0.516 e. The van der Waals surface area contributed by atoms with Crippen molar-refractivity contribution in [3.8, 4) is 0 Å². The van der Waals surface area contributed by atoms with Crippen LogP contribution < -0.4 is 21.1 Å². The van der Waals surface area contributed by atoms with Crippen molar-refractivity contribution in [3.05, 3.63) is 182 Å². The summed E-state index contributed by atoms with van der Waals surface area (Å²) in [6.45, 7) is 12.2. The molecule has 492 valence electrons. The fourth-order valence-electron chi connectivity index (χ4n) is 25.6. The molecule has 0 amide bonds. The van der Waals surface area contributed by atoms with Gasteiger partial charge in [0.05, 0.1) is 36.8 Å². The molecule has 6 heterocycles. The van der Waals surface area contributed by atoms with E-state index in [1.165, 1.54) is 80.5 Å². The van der Waals surface area contributed by atoms with Crippen LogP contribution in [-0.4, -0.2) is 65.4 Å².